The van der Waals surface area contributed by atoms with Crippen molar-refractivity contribution in [2.75, 3.05) is 25.5 Å². The molecule has 2 amide bonds. The maximum Gasteiger partial charge on any atom is 0.270 e. The number of aromatic nitrogens is 1. The highest BCUT2D eigenvalue weighted by atomic mass is 16.5. The van der Waals surface area contributed by atoms with Crippen molar-refractivity contribution in [2.24, 2.45) is 13.0 Å². The maximum absolute atomic E-state index is 12.5. The van der Waals surface area contributed by atoms with Crippen LogP contribution in [0.2, 0.25) is 0 Å². The number of carbonyl (C=O) groups excluding carboxylic acids is 2. The van der Waals surface area contributed by atoms with Gasteiger partial charge in [-0.1, -0.05) is 12.1 Å². The van der Waals surface area contributed by atoms with Gasteiger partial charge < -0.3 is 19.5 Å². The normalized spacial score (nSPS) is 15.0. The van der Waals surface area contributed by atoms with Gasteiger partial charge in [-0.3, -0.25) is 9.59 Å². The number of methoxy groups -OCH3 is 1. The molecule has 1 fully saturated rings. The summed E-state index contributed by atoms with van der Waals surface area (Å²) in [6, 6.07) is 11.0. The zero-order chi connectivity index (χ0) is 17.8. The van der Waals surface area contributed by atoms with Crippen LogP contribution in [0.4, 0.5) is 5.69 Å². The van der Waals surface area contributed by atoms with Gasteiger partial charge in [0, 0.05) is 32.3 Å². The standard InChI is InChI=1S/C19H23N3O3/c1-21-11-5-7-16(21)19(24)22-12-9-14(10-13-22)18(23)20-15-6-3-4-8-17(15)25-2/h3-8,11,14H,9-10,12-13H2,1-2H3,(H,20,23). The summed E-state index contributed by atoms with van der Waals surface area (Å²) in [5, 5.41) is 2.94. The van der Waals surface area contributed by atoms with Gasteiger partial charge in [0.1, 0.15) is 11.4 Å². The zero-order valence-electron chi connectivity index (χ0n) is 14.6. The third-order valence-corrected chi connectivity index (χ3v) is 4.68. The van der Waals surface area contributed by atoms with Crippen LogP contribution in [0.3, 0.4) is 0 Å². The quantitative estimate of drug-likeness (QED) is 0.929. The Balaban J connectivity index is 1.58. The molecule has 2 aromatic rings. The van der Waals surface area contributed by atoms with Crippen LogP contribution in [0.1, 0.15) is 23.3 Å². The molecule has 1 N–H and O–H groups in total. The van der Waals surface area contributed by atoms with E-state index in [-0.39, 0.29) is 17.7 Å². The van der Waals surface area contributed by atoms with Gasteiger partial charge in [-0.25, -0.2) is 0 Å². The first kappa shape index (κ1) is 17.1. The predicted octanol–water partition coefficient (Wildman–Crippen LogP) is 2.52. The van der Waals surface area contributed by atoms with Crippen molar-refractivity contribution in [3.63, 3.8) is 0 Å². The van der Waals surface area contributed by atoms with Crippen LogP contribution in [0.25, 0.3) is 0 Å². The fraction of sp³-hybridized carbons (Fsp3) is 0.368. The van der Waals surface area contributed by atoms with E-state index in [2.05, 4.69) is 5.32 Å². The second kappa shape index (κ2) is 7.42. The average Bonchev–Trinajstić information content (AvgIpc) is 3.07. The van der Waals surface area contributed by atoms with Gasteiger partial charge in [0.25, 0.3) is 5.91 Å². The number of hydrogen-bond donors (Lipinski definition) is 1. The monoisotopic (exact) mass is 341 g/mol. The summed E-state index contributed by atoms with van der Waals surface area (Å²) < 4.78 is 7.09. The molecule has 2 heterocycles. The Morgan fingerprint density at radius 2 is 1.84 bits per heavy atom. The number of amides is 2. The van der Waals surface area contributed by atoms with Crippen molar-refractivity contribution in [3.05, 3.63) is 48.3 Å². The molecule has 1 saturated heterocycles. The summed E-state index contributed by atoms with van der Waals surface area (Å²) in [5.41, 5.74) is 1.36. The summed E-state index contributed by atoms with van der Waals surface area (Å²) in [5.74, 6) is 0.557. The molecule has 0 radical (unpaired) electrons. The minimum atomic E-state index is -0.0950. The Morgan fingerprint density at radius 1 is 1.12 bits per heavy atom. The molecular weight excluding hydrogens is 318 g/mol. The number of para-hydroxylation sites is 2. The highest BCUT2D eigenvalue weighted by molar-refractivity contribution is 5.95. The molecule has 0 aliphatic carbocycles. The molecule has 6 nitrogen and oxygen atoms in total. The van der Waals surface area contributed by atoms with E-state index in [1.54, 1.807) is 7.11 Å². The number of aryl methyl sites for hydroxylation is 1. The Kier molecular flexibility index (Phi) is 5.07. The lowest BCUT2D eigenvalue weighted by Crippen LogP contribution is -2.42. The summed E-state index contributed by atoms with van der Waals surface area (Å²) >= 11 is 0. The molecule has 3 rings (SSSR count). The summed E-state index contributed by atoms with van der Waals surface area (Å²) in [6.07, 6.45) is 3.19. The number of nitrogens with zero attached hydrogens (tertiary/aromatic N) is 2. The van der Waals surface area contributed by atoms with Crippen molar-refractivity contribution in [1.82, 2.24) is 9.47 Å². The molecule has 0 saturated carbocycles. The van der Waals surface area contributed by atoms with Crippen LogP contribution >= 0.6 is 0 Å². The van der Waals surface area contributed by atoms with E-state index in [1.165, 1.54) is 0 Å². The van der Waals surface area contributed by atoms with Crippen LogP contribution < -0.4 is 10.1 Å². The van der Waals surface area contributed by atoms with Crippen molar-refractivity contribution in [3.8, 4) is 5.75 Å². The number of hydrogen-bond acceptors (Lipinski definition) is 3. The smallest absolute Gasteiger partial charge is 0.270 e. The fourth-order valence-corrected chi connectivity index (χ4v) is 3.17. The van der Waals surface area contributed by atoms with Crippen LogP contribution in [-0.4, -0.2) is 41.5 Å². The average molecular weight is 341 g/mol. The maximum atomic E-state index is 12.5. The molecule has 1 aliphatic rings. The number of anilines is 1. The molecule has 6 heteroatoms. The molecule has 132 valence electrons. The third-order valence-electron chi connectivity index (χ3n) is 4.68. The van der Waals surface area contributed by atoms with Gasteiger partial charge in [-0.15, -0.1) is 0 Å². The van der Waals surface area contributed by atoms with Gasteiger partial charge in [-0.2, -0.15) is 0 Å². The minimum absolute atomic E-state index is 0.0181. The number of ether oxygens (including phenoxy) is 1. The van der Waals surface area contributed by atoms with E-state index in [0.717, 1.165) is 0 Å². The van der Waals surface area contributed by atoms with E-state index in [1.807, 2.05) is 59.1 Å². The van der Waals surface area contributed by atoms with Crippen molar-refractivity contribution >= 4 is 17.5 Å². The molecule has 1 aromatic carbocycles. The van der Waals surface area contributed by atoms with Gasteiger partial charge >= 0.3 is 0 Å². The number of benzene rings is 1. The van der Waals surface area contributed by atoms with E-state index in [0.29, 0.717) is 43.1 Å². The number of nitrogens with one attached hydrogen (secondary N) is 1. The molecule has 0 spiro atoms. The Hall–Kier alpha value is -2.76. The number of likely N-dealkylation sites (tertiary alicyclic amines) is 1. The Morgan fingerprint density at radius 3 is 2.48 bits per heavy atom. The molecule has 0 bridgehead atoms. The van der Waals surface area contributed by atoms with E-state index < -0.39 is 0 Å². The van der Waals surface area contributed by atoms with E-state index >= 15 is 0 Å². The lowest BCUT2D eigenvalue weighted by molar-refractivity contribution is -0.121. The highest BCUT2D eigenvalue weighted by Crippen LogP contribution is 2.26. The highest BCUT2D eigenvalue weighted by Gasteiger charge is 2.28. The zero-order valence-corrected chi connectivity index (χ0v) is 14.6. The van der Waals surface area contributed by atoms with Crippen LogP contribution in [0.15, 0.2) is 42.6 Å². The first-order valence-electron chi connectivity index (χ1n) is 8.44. The lowest BCUT2D eigenvalue weighted by atomic mass is 9.95. The van der Waals surface area contributed by atoms with Crippen molar-refractivity contribution in [1.29, 1.82) is 0 Å². The lowest BCUT2D eigenvalue weighted by Gasteiger charge is -2.31. The van der Waals surface area contributed by atoms with Crippen molar-refractivity contribution in [2.45, 2.75) is 12.8 Å². The summed E-state index contributed by atoms with van der Waals surface area (Å²) in [7, 11) is 3.44. The van der Waals surface area contributed by atoms with Gasteiger partial charge in [-0.05, 0) is 37.1 Å². The SMILES string of the molecule is COc1ccccc1NC(=O)C1CCN(C(=O)c2cccn2C)CC1. The largest absolute Gasteiger partial charge is 0.495 e. The summed E-state index contributed by atoms with van der Waals surface area (Å²) in [6.45, 7) is 1.18. The minimum Gasteiger partial charge on any atom is -0.495 e. The second-order valence-corrected chi connectivity index (χ2v) is 6.26. The summed E-state index contributed by atoms with van der Waals surface area (Å²) in [4.78, 5) is 26.9. The molecule has 0 unspecified atom stereocenters. The molecule has 1 aromatic heterocycles. The first-order chi connectivity index (χ1) is 12.1. The molecule has 1 aliphatic heterocycles. The predicted molar refractivity (Wildman–Crippen MR) is 95.7 cm³/mol. The second-order valence-electron chi connectivity index (χ2n) is 6.26. The van der Waals surface area contributed by atoms with Gasteiger partial charge in [0.15, 0.2) is 0 Å². The van der Waals surface area contributed by atoms with Crippen LogP contribution in [-0.2, 0) is 11.8 Å². The topological polar surface area (TPSA) is 63.6 Å². The van der Waals surface area contributed by atoms with E-state index in [4.69, 9.17) is 4.74 Å². The van der Waals surface area contributed by atoms with Gasteiger partial charge in [0.2, 0.25) is 5.91 Å². The number of rotatable bonds is 4. The Labute approximate surface area is 147 Å². The van der Waals surface area contributed by atoms with Crippen LogP contribution in [0, 0.1) is 5.92 Å². The fourth-order valence-electron chi connectivity index (χ4n) is 3.17. The molecule has 25 heavy (non-hydrogen) atoms. The van der Waals surface area contributed by atoms with Crippen LogP contribution in [0.5, 0.6) is 5.75 Å². The molecule has 0 atom stereocenters. The van der Waals surface area contributed by atoms with Crippen molar-refractivity contribution < 1.29 is 14.3 Å². The van der Waals surface area contributed by atoms with E-state index in [9.17, 15) is 9.59 Å². The Bertz CT molecular complexity index is 761. The molecular formula is C19H23N3O3. The number of piperidine rings is 1. The van der Waals surface area contributed by atoms with Gasteiger partial charge in [0.05, 0.1) is 12.8 Å². The first-order valence-corrected chi connectivity index (χ1v) is 8.44. The third kappa shape index (κ3) is 3.68. The number of carbonyl (C=O) groups is 2.